The number of halogens is 1. The van der Waals surface area contributed by atoms with Gasteiger partial charge in [-0.25, -0.2) is 4.39 Å². The Morgan fingerprint density at radius 1 is 1.43 bits per heavy atom. The van der Waals surface area contributed by atoms with E-state index in [2.05, 4.69) is 31.0 Å². The summed E-state index contributed by atoms with van der Waals surface area (Å²) in [6.07, 6.45) is 2.20. The van der Waals surface area contributed by atoms with Gasteiger partial charge in [0.05, 0.1) is 7.11 Å². The van der Waals surface area contributed by atoms with Gasteiger partial charge < -0.3 is 15.0 Å². The van der Waals surface area contributed by atoms with Gasteiger partial charge in [0.15, 0.2) is 11.6 Å². The zero-order valence-electron chi connectivity index (χ0n) is 13.5. The number of piperazine rings is 1. The van der Waals surface area contributed by atoms with Gasteiger partial charge in [-0.05, 0) is 30.9 Å². The van der Waals surface area contributed by atoms with E-state index < -0.39 is 0 Å². The fourth-order valence-electron chi connectivity index (χ4n) is 3.11. The molecular formula is C17H27FN2O. The maximum atomic E-state index is 14.0. The minimum atomic E-state index is -0.288. The average Bonchev–Trinajstić information content (AvgIpc) is 2.46. The number of nitrogens with zero attached hydrogens (tertiary/aromatic N) is 1. The first-order valence-electron chi connectivity index (χ1n) is 7.88. The summed E-state index contributed by atoms with van der Waals surface area (Å²) in [5.74, 6) is 0.680. The molecular weight excluding hydrogens is 267 g/mol. The van der Waals surface area contributed by atoms with Gasteiger partial charge in [0.1, 0.15) is 0 Å². The molecule has 2 unspecified atom stereocenters. The second-order valence-electron chi connectivity index (χ2n) is 6.27. The Morgan fingerprint density at radius 2 is 2.19 bits per heavy atom. The summed E-state index contributed by atoms with van der Waals surface area (Å²) in [5, 5.41) is 3.63. The van der Waals surface area contributed by atoms with Crippen molar-refractivity contribution in [1.82, 2.24) is 5.32 Å². The van der Waals surface area contributed by atoms with Gasteiger partial charge in [0.25, 0.3) is 0 Å². The number of rotatable bonds is 5. The Morgan fingerprint density at radius 3 is 2.76 bits per heavy atom. The first-order chi connectivity index (χ1) is 10.0. The highest BCUT2D eigenvalue weighted by atomic mass is 19.1. The molecule has 21 heavy (non-hydrogen) atoms. The van der Waals surface area contributed by atoms with Gasteiger partial charge >= 0.3 is 0 Å². The molecule has 1 fully saturated rings. The van der Waals surface area contributed by atoms with Crippen LogP contribution >= 0.6 is 0 Å². The van der Waals surface area contributed by atoms with Crippen LogP contribution in [0.25, 0.3) is 0 Å². The van der Waals surface area contributed by atoms with Crippen LogP contribution in [0, 0.1) is 11.7 Å². The van der Waals surface area contributed by atoms with Crippen LogP contribution in [0.15, 0.2) is 18.2 Å². The molecule has 1 heterocycles. The predicted molar refractivity (Wildman–Crippen MR) is 85.6 cm³/mol. The Balaban J connectivity index is 2.18. The third-order valence-electron chi connectivity index (χ3n) is 4.19. The summed E-state index contributed by atoms with van der Waals surface area (Å²) in [4.78, 5) is 2.34. The highest BCUT2D eigenvalue weighted by Crippen LogP contribution is 2.27. The summed E-state index contributed by atoms with van der Waals surface area (Å²) in [6.45, 7) is 8.56. The second-order valence-corrected chi connectivity index (χ2v) is 6.27. The average molecular weight is 294 g/mol. The third kappa shape index (κ3) is 3.88. The maximum absolute atomic E-state index is 14.0. The molecule has 1 aliphatic heterocycles. The Labute approximate surface area is 127 Å². The molecule has 1 aliphatic rings. The van der Waals surface area contributed by atoms with Gasteiger partial charge in [-0.2, -0.15) is 0 Å². The number of benzene rings is 1. The van der Waals surface area contributed by atoms with Crippen molar-refractivity contribution in [3.05, 3.63) is 24.0 Å². The number of hydrogen-bond donors (Lipinski definition) is 1. The maximum Gasteiger partial charge on any atom is 0.167 e. The SMILES string of the molecule is CCC1CNC(CC(C)C)CN1c1ccc(OC)c(F)c1. The highest BCUT2D eigenvalue weighted by Gasteiger charge is 2.27. The molecule has 0 radical (unpaired) electrons. The molecule has 4 heteroatoms. The number of anilines is 1. The standard InChI is InChI=1S/C17H27FN2O/c1-5-14-10-19-13(8-12(2)3)11-20(14)15-6-7-17(21-4)16(18)9-15/h6-7,9,12-14,19H,5,8,10-11H2,1-4H3. The molecule has 0 aromatic heterocycles. The van der Waals surface area contributed by atoms with Crippen LogP contribution in [-0.2, 0) is 0 Å². The van der Waals surface area contributed by atoms with E-state index in [1.54, 1.807) is 12.1 Å². The van der Waals surface area contributed by atoms with Gasteiger partial charge in [0.2, 0.25) is 0 Å². The first-order valence-corrected chi connectivity index (χ1v) is 7.88. The molecule has 118 valence electrons. The minimum Gasteiger partial charge on any atom is -0.494 e. The monoisotopic (exact) mass is 294 g/mol. The molecule has 1 saturated heterocycles. The lowest BCUT2D eigenvalue weighted by Gasteiger charge is -2.42. The van der Waals surface area contributed by atoms with Crippen LogP contribution in [0.1, 0.15) is 33.6 Å². The molecule has 1 aromatic carbocycles. The van der Waals surface area contributed by atoms with E-state index in [1.165, 1.54) is 7.11 Å². The van der Waals surface area contributed by atoms with Gasteiger partial charge in [-0.3, -0.25) is 0 Å². The van der Waals surface area contributed by atoms with E-state index >= 15 is 0 Å². The fraction of sp³-hybridized carbons (Fsp3) is 0.647. The van der Waals surface area contributed by atoms with Crippen molar-refractivity contribution < 1.29 is 9.13 Å². The molecule has 0 saturated carbocycles. The Hall–Kier alpha value is -1.29. The van der Waals surface area contributed by atoms with Gasteiger partial charge in [-0.15, -0.1) is 0 Å². The van der Waals surface area contributed by atoms with E-state index in [4.69, 9.17) is 4.74 Å². The lowest BCUT2D eigenvalue weighted by molar-refractivity contribution is 0.342. The number of nitrogens with one attached hydrogen (secondary N) is 1. The van der Waals surface area contributed by atoms with Crippen molar-refractivity contribution in [1.29, 1.82) is 0 Å². The molecule has 0 bridgehead atoms. The van der Waals surface area contributed by atoms with E-state index in [0.29, 0.717) is 23.8 Å². The molecule has 3 nitrogen and oxygen atoms in total. The van der Waals surface area contributed by atoms with E-state index in [-0.39, 0.29) is 5.82 Å². The smallest absolute Gasteiger partial charge is 0.167 e. The quantitative estimate of drug-likeness (QED) is 0.900. The molecule has 2 rings (SSSR count). The molecule has 0 amide bonds. The predicted octanol–water partition coefficient (Wildman–Crippen LogP) is 3.44. The van der Waals surface area contributed by atoms with Gasteiger partial charge in [-0.1, -0.05) is 20.8 Å². The van der Waals surface area contributed by atoms with Gasteiger partial charge in [0, 0.05) is 36.9 Å². The topological polar surface area (TPSA) is 24.5 Å². The van der Waals surface area contributed by atoms with Crippen LogP contribution in [0.4, 0.5) is 10.1 Å². The Kier molecular flexibility index (Phi) is 5.45. The summed E-state index contributed by atoms with van der Waals surface area (Å²) >= 11 is 0. The summed E-state index contributed by atoms with van der Waals surface area (Å²) in [7, 11) is 1.50. The van der Waals surface area contributed by atoms with E-state index in [1.807, 2.05) is 6.07 Å². The third-order valence-corrected chi connectivity index (χ3v) is 4.19. The number of hydrogen-bond acceptors (Lipinski definition) is 3. The fourth-order valence-corrected chi connectivity index (χ4v) is 3.11. The van der Waals surface area contributed by atoms with Crippen molar-refractivity contribution in [3.63, 3.8) is 0 Å². The lowest BCUT2D eigenvalue weighted by atomic mass is 9.98. The molecule has 0 aliphatic carbocycles. The largest absolute Gasteiger partial charge is 0.494 e. The highest BCUT2D eigenvalue weighted by molar-refractivity contribution is 5.51. The Bertz CT molecular complexity index is 464. The van der Waals surface area contributed by atoms with Crippen LogP contribution in [-0.4, -0.2) is 32.3 Å². The van der Waals surface area contributed by atoms with Crippen molar-refractivity contribution in [2.24, 2.45) is 5.92 Å². The van der Waals surface area contributed by atoms with Crippen LogP contribution < -0.4 is 15.0 Å². The number of ether oxygens (including phenoxy) is 1. The first kappa shape index (κ1) is 16.1. The zero-order valence-corrected chi connectivity index (χ0v) is 13.5. The molecule has 1 aromatic rings. The number of methoxy groups -OCH3 is 1. The second kappa shape index (κ2) is 7.12. The van der Waals surface area contributed by atoms with E-state index in [9.17, 15) is 4.39 Å². The zero-order chi connectivity index (χ0) is 15.4. The van der Waals surface area contributed by atoms with Crippen LogP contribution in [0.5, 0.6) is 5.75 Å². The van der Waals surface area contributed by atoms with E-state index in [0.717, 1.165) is 31.6 Å². The molecule has 1 N–H and O–H groups in total. The molecule has 2 atom stereocenters. The summed E-state index contributed by atoms with van der Waals surface area (Å²) in [6, 6.07) is 6.16. The summed E-state index contributed by atoms with van der Waals surface area (Å²) < 4.78 is 19.0. The normalized spacial score (nSPS) is 22.7. The molecule has 0 spiro atoms. The van der Waals surface area contributed by atoms with Crippen LogP contribution in [0.3, 0.4) is 0 Å². The van der Waals surface area contributed by atoms with Crippen molar-refractivity contribution in [2.75, 3.05) is 25.1 Å². The lowest BCUT2D eigenvalue weighted by Crippen LogP contribution is -2.56. The minimum absolute atomic E-state index is 0.288. The summed E-state index contributed by atoms with van der Waals surface area (Å²) in [5.41, 5.74) is 0.954. The van der Waals surface area contributed by atoms with Crippen molar-refractivity contribution in [2.45, 2.75) is 45.7 Å². The van der Waals surface area contributed by atoms with Crippen molar-refractivity contribution in [3.8, 4) is 5.75 Å². The van der Waals surface area contributed by atoms with Crippen LogP contribution in [0.2, 0.25) is 0 Å². The van der Waals surface area contributed by atoms with Crippen molar-refractivity contribution >= 4 is 5.69 Å².